The van der Waals surface area contributed by atoms with Crippen molar-refractivity contribution in [3.8, 4) is 0 Å². The lowest BCUT2D eigenvalue weighted by Gasteiger charge is -2.37. The van der Waals surface area contributed by atoms with Crippen LogP contribution in [0.5, 0.6) is 0 Å². The standard InChI is InChI=1S/C19H27ClN4O2/c1-3-6-24-13-16(12-18(24)25)21-19(26)23-9-7-22(8-10-23)17-11-15(20)5-4-14(17)2/h4-5,11,16H,3,6-10,12-13H2,1-2H3,(H,21,26). The average molecular weight is 379 g/mol. The van der Waals surface area contributed by atoms with E-state index in [9.17, 15) is 9.59 Å². The predicted molar refractivity (Wildman–Crippen MR) is 104 cm³/mol. The number of piperazine rings is 1. The third kappa shape index (κ3) is 4.23. The van der Waals surface area contributed by atoms with Crippen molar-refractivity contribution < 1.29 is 9.59 Å². The molecule has 1 aromatic rings. The van der Waals surface area contributed by atoms with Crippen molar-refractivity contribution in [2.45, 2.75) is 32.7 Å². The Morgan fingerprint density at radius 3 is 2.69 bits per heavy atom. The second-order valence-corrected chi connectivity index (χ2v) is 7.53. The Morgan fingerprint density at radius 2 is 2.00 bits per heavy atom. The molecule has 1 atom stereocenters. The van der Waals surface area contributed by atoms with Crippen molar-refractivity contribution in [3.63, 3.8) is 0 Å². The summed E-state index contributed by atoms with van der Waals surface area (Å²) in [5.74, 6) is 0.137. The number of hydrogen-bond donors (Lipinski definition) is 1. The van der Waals surface area contributed by atoms with Gasteiger partial charge in [-0.3, -0.25) is 4.79 Å². The Bertz CT molecular complexity index is 674. The molecule has 2 saturated heterocycles. The maximum absolute atomic E-state index is 12.5. The summed E-state index contributed by atoms with van der Waals surface area (Å²) in [5.41, 5.74) is 2.32. The lowest BCUT2D eigenvalue weighted by atomic mass is 10.1. The van der Waals surface area contributed by atoms with Gasteiger partial charge in [-0.05, 0) is 31.0 Å². The molecule has 1 unspecified atom stereocenters. The molecule has 6 nitrogen and oxygen atoms in total. The number of benzene rings is 1. The number of nitrogens with one attached hydrogen (secondary N) is 1. The number of carbonyl (C=O) groups is 2. The molecule has 0 radical (unpaired) electrons. The number of halogens is 1. The zero-order valence-corrected chi connectivity index (χ0v) is 16.3. The minimum atomic E-state index is -0.0743. The lowest BCUT2D eigenvalue weighted by molar-refractivity contribution is -0.127. The molecular formula is C19H27ClN4O2. The summed E-state index contributed by atoms with van der Waals surface area (Å²) in [5, 5.41) is 3.76. The van der Waals surface area contributed by atoms with E-state index in [4.69, 9.17) is 11.6 Å². The Labute approximate surface area is 160 Å². The average Bonchev–Trinajstić information content (AvgIpc) is 2.97. The first-order chi connectivity index (χ1) is 12.5. The van der Waals surface area contributed by atoms with E-state index in [1.807, 2.05) is 28.0 Å². The van der Waals surface area contributed by atoms with Crippen LogP contribution in [0.2, 0.25) is 5.02 Å². The molecule has 0 aliphatic carbocycles. The van der Waals surface area contributed by atoms with Gasteiger partial charge in [0.1, 0.15) is 0 Å². The Balaban J connectivity index is 1.51. The molecule has 2 heterocycles. The fraction of sp³-hybridized carbons (Fsp3) is 0.579. The summed E-state index contributed by atoms with van der Waals surface area (Å²) in [6.45, 7) is 8.40. The van der Waals surface area contributed by atoms with Gasteiger partial charge in [-0.1, -0.05) is 24.6 Å². The number of likely N-dealkylation sites (tertiary alicyclic amines) is 1. The molecule has 2 fully saturated rings. The molecule has 142 valence electrons. The first kappa shape index (κ1) is 18.8. The van der Waals surface area contributed by atoms with Crippen LogP contribution in [0.15, 0.2) is 18.2 Å². The molecule has 2 aliphatic heterocycles. The number of urea groups is 1. The van der Waals surface area contributed by atoms with E-state index in [0.717, 1.165) is 36.8 Å². The summed E-state index contributed by atoms with van der Waals surface area (Å²) in [6.07, 6.45) is 1.35. The van der Waals surface area contributed by atoms with Crippen LogP contribution in [-0.4, -0.2) is 67.0 Å². The van der Waals surface area contributed by atoms with Crippen LogP contribution < -0.4 is 10.2 Å². The van der Waals surface area contributed by atoms with Gasteiger partial charge in [0.15, 0.2) is 0 Å². The molecule has 2 aliphatic rings. The van der Waals surface area contributed by atoms with Crippen molar-refractivity contribution in [2.24, 2.45) is 0 Å². The van der Waals surface area contributed by atoms with E-state index in [-0.39, 0.29) is 18.0 Å². The third-order valence-electron chi connectivity index (χ3n) is 5.11. The van der Waals surface area contributed by atoms with Crippen molar-refractivity contribution in [1.82, 2.24) is 15.1 Å². The molecule has 0 saturated carbocycles. The number of aryl methyl sites for hydroxylation is 1. The van der Waals surface area contributed by atoms with Crippen molar-refractivity contribution >= 4 is 29.2 Å². The van der Waals surface area contributed by atoms with Crippen molar-refractivity contribution in [3.05, 3.63) is 28.8 Å². The van der Waals surface area contributed by atoms with Gasteiger partial charge in [0.25, 0.3) is 0 Å². The molecule has 0 aromatic heterocycles. The smallest absolute Gasteiger partial charge is 0.317 e. The fourth-order valence-electron chi connectivity index (χ4n) is 3.69. The van der Waals surface area contributed by atoms with E-state index >= 15 is 0 Å². The maximum Gasteiger partial charge on any atom is 0.317 e. The largest absolute Gasteiger partial charge is 0.368 e. The second-order valence-electron chi connectivity index (χ2n) is 7.10. The van der Waals surface area contributed by atoms with Crippen LogP contribution in [0.3, 0.4) is 0 Å². The SMILES string of the molecule is CCCN1CC(NC(=O)N2CCN(c3cc(Cl)ccc3C)CC2)CC1=O. The second kappa shape index (κ2) is 8.16. The molecule has 7 heteroatoms. The number of nitrogens with zero attached hydrogens (tertiary/aromatic N) is 3. The van der Waals surface area contributed by atoms with Crippen LogP contribution in [-0.2, 0) is 4.79 Å². The van der Waals surface area contributed by atoms with E-state index in [1.54, 1.807) is 0 Å². The topological polar surface area (TPSA) is 55.9 Å². The van der Waals surface area contributed by atoms with Gasteiger partial charge in [0.2, 0.25) is 5.91 Å². The summed E-state index contributed by atoms with van der Waals surface area (Å²) in [4.78, 5) is 30.4. The highest BCUT2D eigenvalue weighted by Gasteiger charge is 2.31. The molecule has 0 spiro atoms. The number of amides is 3. The zero-order valence-electron chi connectivity index (χ0n) is 15.5. The molecule has 26 heavy (non-hydrogen) atoms. The molecule has 0 bridgehead atoms. The molecule has 1 N–H and O–H groups in total. The van der Waals surface area contributed by atoms with E-state index in [2.05, 4.69) is 24.1 Å². The number of rotatable bonds is 4. The highest BCUT2D eigenvalue weighted by Crippen LogP contribution is 2.25. The van der Waals surface area contributed by atoms with E-state index in [0.29, 0.717) is 26.1 Å². The van der Waals surface area contributed by atoms with Crippen LogP contribution >= 0.6 is 11.6 Å². The lowest BCUT2D eigenvalue weighted by Crippen LogP contribution is -2.54. The first-order valence-corrected chi connectivity index (χ1v) is 9.70. The molecule has 3 amide bonds. The monoisotopic (exact) mass is 378 g/mol. The molecule has 3 rings (SSSR count). The Kier molecular flexibility index (Phi) is 5.91. The Hall–Kier alpha value is -1.95. The molecular weight excluding hydrogens is 352 g/mol. The summed E-state index contributed by atoms with van der Waals surface area (Å²) in [7, 11) is 0. The van der Waals surface area contributed by atoms with Crippen LogP contribution in [0.25, 0.3) is 0 Å². The normalized spacial score (nSPS) is 20.7. The molecule has 1 aromatic carbocycles. The van der Waals surface area contributed by atoms with E-state index < -0.39 is 0 Å². The highest BCUT2D eigenvalue weighted by molar-refractivity contribution is 6.30. The Morgan fingerprint density at radius 1 is 1.27 bits per heavy atom. The van der Waals surface area contributed by atoms with Gasteiger partial charge >= 0.3 is 6.03 Å². The first-order valence-electron chi connectivity index (χ1n) is 9.32. The van der Waals surface area contributed by atoms with Crippen LogP contribution in [0, 0.1) is 6.92 Å². The highest BCUT2D eigenvalue weighted by atomic mass is 35.5. The van der Waals surface area contributed by atoms with Crippen molar-refractivity contribution in [1.29, 1.82) is 0 Å². The predicted octanol–water partition coefficient (Wildman–Crippen LogP) is 2.49. The van der Waals surface area contributed by atoms with Crippen molar-refractivity contribution in [2.75, 3.05) is 44.2 Å². The van der Waals surface area contributed by atoms with Gasteiger partial charge < -0.3 is 20.0 Å². The van der Waals surface area contributed by atoms with Gasteiger partial charge in [0, 0.05) is 56.4 Å². The maximum atomic E-state index is 12.5. The van der Waals surface area contributed by atoms with Gasteiger partial charge in [-0.2, -0.15) is 0 Å². The summed E-state index contributed by atoms with van der Waals surface area (Å²) >= 11 is 6.12. The number of hydrogen-bond acceptors (Lipinski definition) is 3. The van der Waals surface area contributed by atoms with Crippen LogP contribution in [0.4, 0.5) is 10.5 Å². The van der Waals surface area contributed by atoms with Crippen LogP contribution in [0.1, 0.15) is 25.3 Å². The quantitative estimate of drug-likeness (QED) is 0.875. The van der Waals surface area contributed by atoms with Gasteiger partial charge in [-0.15, -0.1) is 0 Å². The van der Waals surface area contributed by atoms with Gasteiger partial charge in [-0.25, -0.2) is 4.79 Å². The minimum absolute atomic E-state index is 0.0661. The minimum Gasteiger partial charge on any atom is -0.368 e. The zero-order chi connectivity index (χ0) is 18.7. The fourth-order valence-corrected chi connectivity index (χ4v) is 3.86. The number of anilines is 1. The van der Waals surface area contributed by atoms with E-state index in [1.165, 1.54) is 5.56 Å². The number of carbonyl (C=O) groups excluding carboxylic acids is 2. The summed E-state index contributed by atoms with van der Waals surface area (Å²) in [6, 6.07) is 5.77. The van der Waals surface area contributed by atoms with Gasteiger partial charge in [0.05, 0.1) is 6.04 Å². The third-order valence-corrected chi connectivity index (χ3v) is 5.35. The summed E-state index contributed by atoms with van der Waals surface area (Å²) < 4.78 is 0.